The van der Waals surface area contributed by atoms with E-state index in [4.69, 9.17) is 4.42 Å². The van der Waals surface area contributed by atoms with E-state index in [-0.39, 0.29) is 11.8 Å². The molecule has 2 rings (SSSR count). The van der Waals surface area contributed by atoms with Gasteiger partial charge in [-0.2, -0.15) is 0 Å². The minimum absolute atomic E-state index is 0.0143. The van der Waals surface area contributed by atoms with Gasteiger partial charge in [0.2, 0.25) is 5.91 Å². The summed E-state index contributed by atoms with van der Waals surface area (Å²) in [5.74, 6) is 0.712. The lowest BCUT2D eigenvalue weighted by molar-refractivity contribution is -0.116. The van der Waals surface area contributed by atoms with Gasteiger partial charge in [-0.15, -0.1) is 0 Å². The van der Waals surface area contributed by atoms with Gasteiger partial charge in [-0.05, 0) is 49.6 Å². The maximum Gasteiger partial charge on any atom is 0.253 e. The monoisotopic (exact) mass is 427 g/mol. The molecular formula is C25H37N3O3. The first kappa shape index (κ1) is 24.5. The number of nitrogens with one attached hydrogen (secondary N) is 2. The van der Waals surface area contributed by atoms with Crippen molar-refractivity contribution < 1.29 is 14.0 Å². The number of benzene rings is 1. The van der Waals surface area contributed by atoms with E-state index in [2.05, 4.69) is 29.4 Å². The van der Waals surface area contributed by atoms with Crippen LogP contribution in [0.3, 0.4) is 0 Å². The van der Waals surface area contributed by atoms with Gasteiger partial charge in [-0.25, -0.2) is 0 Å². The van der Waals surface area contributed by atoms with Crippen molar-refractivity contribution in [1.29, 1.82) is 0 Å². The maximum absolute atomic E-state index is 13.0. The third-order valence-electron chi connectivity index (χ3n) is 5.12. The number of amides is 2. The number of rotatable bonds is 14. The summed E-state index contributed by atoms with van der Waals surface area (Å²) >= 11 is 0. The highest BCUT2D eigenvalue weighted by Gasteiger charge is 2.19. The SMILES string of the molecule is CCCCCC(=O)Nc1ccc(N(CCCC)Cc2ccco2)c(C(=O)NCCC)c1. The van der Waals surface area contributed by atoms with E-state index in [9.17, 15) is 9.59 Å². The second-order valence-corrected chi connectivity index (χ2v) is 7.85. The molecule has 0 aliphatic rings. The Labute approximate surface area is 186 Å². The molecule has 6 heteroatoms. The zero-order valence-electron chi connectivity index (χ0n) is 19.2. The molecule has 31 heavy (non-hydrogen) atoms. The van der Waals surface area contributed by atoms with Gasteiger partial charge >= 0.3 is 0 Å². The zero-order valence-corrected chi connectivity index (χ0v) is 19.2. The quantitative estimate of drug-likeness (QED) is 0.377. The topological polar surface area (TPSA) is 74.6 Å². The molecule has 170 valence electrons. The molecule has 2 N–H and O–H groups in total. The number of nitrogens with zero attached hydrogens (tertiary/aromatic N) is 1. The molecule has 0 aliphatic carbocycles. The fourth-order valence-corrected chi connectivity index (χ4v) is 3.39. The van der Waals surface area contributed by atoms with Crippen molar-refractivity contribution in [1.82, 2.24) is 5.32 Å². The number of hydrogen-bond acceptors (Lipinski definition) is 4. The molecule has 0 radical (unpaired) electrons. The summed E-state index contributed by atoms with van der Waals surface area (Å²) in [6.45, 7) is 8.30. The third kappa shape index (κ3) is 8.12. The van der Waals surface area contributed by atoms with E-state index in [0.717, 1.165) is 56.5 Å². The van der Waals surface area contributed by atoms with E-state index in [1.807, 2.05) is 31.2 Å². The van der Waals surface area contributed by atoms with Crippen LogP contribution in [0.25, 0.3) is 0 Å². The van der Waals surface area contributed by atoms with Gasteiger partial charge < -0.3 is 20.0 Å². The summed E-state index contributed by atoms with van der Waals surface area (Å²) in [5.41, 5.74) is 2.07. The van der Waals surface area contributed by atoms with Gasteiger partial charge in [0.15, 0.2) is 0 Å². The van der Waals surface area contributed by atoms with Crippen LogP contribution in [0, 0.1) is 0 Å². The Morgan fingerprint density at radius 3 is 2.48 bits per heavy atom. The van der Waals surface area contributed by atoms with Crippen molar-refractivity contribution >= 4 is 23.2 Å². The minimum Gasteiger partial charge on any atom is -0.467 e. The molecule has 1 aromatic heterocycles. The Kier molecular flexibility index (Phi) is 10.7. The predicted molar refractivity (Wildman–Crippen MR) is 127 cm³/mol. The fourth-order valence-electron chi connectivity index (χ4n) is 3.39. The standard InChI is InChI=1S/C25H37N3O3/c1-4-7-9-12-24(29)27-20-13-14-23(22(18-20)25(30)26-15-6-3)28(16-8-5-2)19-21-11-10-17-31-21/h10-11,13-14,17-18H,4-9,12,15-16,19H2,1-3H3,(H,26,30)(H,27,29). The van der Waals surface area contributed by atoms with E-state index in [1.54, 1.807) is 12.3 Å². The summed E-state index contributed by atoms with van der Waals surface area (Å²) < 4.78 is 5.55. The zero-order chi connectivity index (χ0) is 22.5. The average Bonchev–Trinajstić information content (AvgIpc) is 3.28. The van der Waals surface area contributed by atoms with Crippen LogP contribution in [-0.4, -0.2) is 24.9 Å². The number of carbonyl (C=O) groups is 2. The van der Waals surface area contributed by atoms with Gasteiger partial charge in [0, 0.05) is 25.2 Å². The molecule has 1 heterocycles. The Balaban J connectivity index is 2.29. The first-order chi connectivity index (χ1) is 15.1. The molecule has 0 saturated heterocycles. The van der Waals surface area contributed by atoms with Gasteiger partial charge in [-0.3, -0.25) is 9.59 Å². The van der Waals surface area contributed by atoms with Crippen LogP contribution in [0.1, 0.15) is 81.8 Å². The predicted octanol–water partition coefficient (Wildman–Crippen LogP) is 5.74. The average molecular weight is 428 g/mol. The molecule has 2 amide bonds. The lowest BCUT2D eigenvalue weighted by Gasteiger charge is -2.26. The number of carbonyl (C=O) groups excluding carboxylic acids is 2. The van der Waals surface area contributed by atoms with Crippen molar-refractivity contribution in [3.05, 3.63) is 47.9 Å². The van der Waals surface area contributed by atoms with Gasteiger partial charge in [0.25, 0.3) is 5.91 Å². The largest absolute Gasteiger partial charge is 0.467 e. The molecule has 0 unspecified atom stereocenters. The van der Waals surface area contributed by atoms with Crippen molar-refractivity contribution in [2.75, 3.05) is 23.3 Å². The molecule has 6 nitrogen and oxygen atoms in total. The smallest absolute Gasteiger partial charge is 0.253 e. The highest BCUT2D eigenvalue weighted by atomic mass is 16.3. The third-order valence-corrected chi connectivity index (χ3v) is 5.12. The van der Waals surface area contributed by atoms with Crippen LogP contribution < -0.4 is 15.5 Å². The molecule has 0 spiro atoms. The first-order valence-electron chi connectivity index (χ1n) is 11.6. The number of unbranched alkanes of at least 4 members (excludes halogenated alkanes) is 3. The second-order valence-electron chi connectivity index (χ2n) is 7.85. The van der Waals surface area contributed by atoms with E-state index in [1.165, 1.54) is 0 Å². The second kappa shape index (κ2) is 13.5. The summed E-state index contributed by atoms with van der Waals surface area (Å²) in [7, 11) is 0. The van der Waals surface area contributed by atoms with Crippen molar-refractivity contribution in [2.45, 2.75) is 72.3 Å². The first-order valence-corrected chi connectivity index (χ1v) is 11.6. The molecule has 0 atom stereocenters. The Morgan fingerprint density at radius 2 is 1.81 bits per heavy atom. The summed E-state index contributed by atoms with van der Waals surface area (Å²) in [6, 6.07) is 9.42. The number of hydrogen-bond donors (Lipinski definition) is 2. The number of furan rings is 1. The fraction of sp³-hybridized carbons (Fsp3) is 0.520. The summed E-state index contributed by atoms with van der Waals surface area (Å²) in [6.07, 6.45) is 8.07. The minimum atomic E-state index is -0.125. The van der Waals surface area contributed by atoms with E-state index in [0.29, 0.717) is 30.8 Å². The van der Waals surface area contributed by atoms with Crippen LogP contribution in [0.5, 0.6) is 0 Å². The van der Waals surface area contributed by atoms with Crippen molar-refractivity contribution in [2.24, 2.45) is 0 Å². The van der Waals surface area contributed by atoms with Crippen LogP contribution in [-0.2, 0) is 11.3 Å². The molecule has 0 bridgehead atoms. The number of anilines is 2. The van der Waals surface area contributed by atoms with Gasteiger partial charge in [0.1, 0.15) is 5.76 Å². The lowest BCUT2D eigenvalue weighted by Crippen LogP contribution is -2.30. The molecule has 2 aromatic rings. The molecule has 0 aliphatic heterocycles. The summed E-state index contributed by atoms with van der Waals surface area (Å²) in [4.78, 5) is 27.4. The van der Waals surface area contributed by atoms with Crippen LogP contribution >= 0.6 is 0 Å². The maximum atomic E-state index is 13.0. The van der Waals surface area contributed by atoms with Crippen LogP contribution in [0.15, 0.2) is 41.0 Å². The molecule has 0 saturated carbocycles. The highest BCUT2D eigenvalue weighted by molar-refractivity contribution is 6.02. The highest BCUT2D eigenvalue weighted by Crippen LogP contribution is 2.27. The Bertz CT molecular complexity index is 802. The van der Waals surface area contributed by atoms with Crippen LogP contribution in [0.4, 0.5) is 11.4 Å². The molecular weight excluding hydrogens is 390 g/mol. The van der Waals surface area contributed by atoms with E-state index >= 15 is 0 Å². The molecule has 1 aromatic carbocycles. The van der Waals surface area contributed by atoms with E-state index < -0.39 is 0 Å². The van der Waals surface area contributed by atoms with Crippen molar-refractivity contribution in [3.63, 3.8) is 0 Å². The van der Waals surface area contributed by atoms with Crippen LogP contribution in [0.2, 0.25) is 0 Å². The normalized spacial score (nSPS) is 10.7. The van der Waals surface area contributed by atoms with Gasteiger partial charge in [0.05, 0.1) is 24.1 Å². The van der Waals surface area contributed by atoms with Crippen molar-refractivity contribution in [3.8, 4) is 0 Å². The summed E-state index contributed by atoms with van der Waals surface area (Å²) in [5, 5.41) is 5.93. The Morgan fingerprint density at radius 1 is 1.00 bits per heavy atom. The molecule has 0 fully saturated rings. The lowest BCUT2D eigenvalue weighted by atomic mass is 10.1. The van der Waals surface area contributed by atoms with Gasteiger partial charge in [-0.1, -0.05) is 40.0 Å². The Hall–Kier alpha value is -2.76.